The largest absolute Gasteiger partial charge is 0.291 e. The van der Waals surface area contributed by atoms with Crippen LogP contribution in [0.15, 0.2) is 35.6 Å². The normalized spacial score (nSPS) is 9.71. The number of isocyanates is 1. The first-order chi connectivity index (χ1) is 6.83. The summed E-state index contributed by atoms with van der Waals surface area (Å²) in [5.74, 6) is -0.624. The van der Waals surface area contributed by atoms with E-state index in [-0.39, 0.29) is 0 Å². The molecule has 0 radical (unpaired) electrons. The molecule has 0 saturated carbocycles. The van der Waals surface area contributed by atoms with Gasteiger partial charge in [0, 0.05) is 6.20 Å². The lowest BCUT2D eigenvalue weighted by molar-refractivity contribution is 0.100. The van der Waals surface area contributed by atoms with Crippen LogP contribution >= 0.6 is 0 Å². The lowest BCUT2D eigenvalue weighted by Gasteiger charge is -1.91. The van der Waals surface area contributed by atoms with E-state index in [4.69, 9.17) is 0 Å². The summed E-state index contributed by atoms with van der Waals surface area (Å²) < 4.78 is 1.54. The zero-order valence-corrected chi connectivity index (χ0v) is 7.04. The van der Waals surface area contributed by atoms with Gasteiger partial charge in [-0.1, -0.05) is 6.07 Å². The van der Waals surface area contributed by atoms with Gasteiger partial charge in [0.1, 0.15) is 0 Å². The molecule has 0 aliphatic heterocycles. The highest BCUT2D eigenvalue weighted by Crippen LogP contribution is 2.10. The number of rotatable bonds is 1. The van der Waals surface area contributed by atoms with Gasteiger partial charge < -0.3 is 0 Å². The van der Waals surface area contributed by atoms with Crippen LogP contribution in [-0.4, -0.2) is 21.6 Å². The molecule has 0 atom stereocenters. The number of pyridine rings is 1. The average molecular weight is 187 g/mol. The first-order valence-electron chi connectivity index (χ1n) is 3.87. The van der Waals surface area contributed by atoms with Crippen molar-refractivity contribution in [2.24, 2.45) is 4.99 Å². The summed E-state index contributed by atoms with van der Waals surface area (Å²) in [6.07, 6.45) is 4.29. The summed E-state index contributed by atoms with van der Waals surface area (Å²) in [7, 11) is 0. The minimum Gasteiger partial charge on any atom is -0.266 e. The molecule has 0 aromatic carbocycles. The van der Waals surface area contributed by atoms with Crippen LogP contribution in [0.5, 0.6) is 0 Å². The highest BCUT2D eigenvalue weighted by Gasteiger charge is 2.10. The van der Waals surface area contributed by atoms with Crippen LogP contribution in [0, 0.1) is 0 Å². The van der Waals surface area contributed by atoms with E-state index >= 15 is 0 Å². The van der Waals surface area contributed by atoms with E-state index in [9.17, 15) is 9.59 Å². The Morgan fingerprint density at radius 1 is 1.50 bits per heavy atom. The molecule has 2 heterocycles. The van der Waals surface area contributed by atoms with E-state index in [0.29, 0.717) is 11.1 Å². The molecule has 0 bridgehead atoms. The number of nitrogens with zero attached hydrogens (tertiary/aromatic N) is 3. The maximum atomic E-state index is 11.2. The van der Waals surface area contributed by atoms with Crippen molar-refractivity contribution in [3.63, 3.8) is 0 Å². The average Bonchev–Trinajstić information content (AvgIpc) is 2.61. The molecule has 0 saturated heterocycles. The Kier molecular flexibility index (Phi) is 1.93. The second kappa shape index (κ2) is 3.24. The Bertz CT molecular complexity index is 538. The predicted octanol–water partition coefficient (Wildman–Crippen LogP) is 0.810. The van der Waals surface area contributed by atoms with Crippen molar-refractivity contribution < 1.29 is 9.59 Å². The van der Waals surface area contributed by atoms with Gasteiger partial charge in [-0.2, -0.15) is 5.10 Å². The molecule has 2 aromatic rings. The third-order valence-corrected chi connectivity index (χ3v) is 1.80. The molecule has 68 valence electrons. The first kappa shape index (κ1) is 8.34. The number of amides is 1. The minimum atomic E-state index is -0.624. The number of aliphatic imine (C=N–C) groups is 1. The Balaban J connectivity index is 2.64. The third-order valence-electron chi connectivity index (χ3n) is 1.80. The monoisotopic (exact) mass is 187 g/mol. The van der Waals surface area contributed by atoms with Crippen molar-refractivity contribution in [2.75, 3.05) is 0 Å². The third kappa shape index (κ3) is 1.22. The number of aromatic nitrogens is 2. The maximum absolute atomic E-state index is 11.2. The second-order valence-corrected chi connectivity index (χ2v) is 2.60. The Hall–Kier alpha value is -2.26. The summed E-state index contributed by atoms with van der Waals surface area (Å²) >= 11 is 0. The van der Waals surface area contributed by atoms with Crippen molar-refractivity contribution >= 4 is 17.5 Å². The van der Waals surface area contributed by atoms with Crippen molar-refractivity contribution in [3.8, 4) is 0 Å². The highest BCUT2D eigenvalue weighted by atomic mass is 16.2. The molecule has 14 heavy (non-hydrogen) atoms. The smallest absolute Gasteiger partial charge is 0.266 e. The molecule has 0 aliphatic rings. The van der Waals surface area contributed by atoms with E-state index < -0.39 is 5.91 Å². The van der Waals surface area contributed by atoms with Crippen LogP contribution in [-0.2, 0) is 4.79 Å². The summed E-state index contributed by atoms with van der Waals surface area (Å²) in [5, 5.41) is 3.93. The van der Waals surface area contributed by atoms with Crippen molar-refractivity contribution in [1.82, 2.24) is 9.61 Å². The zero-order valence-electron chi connectivity index (χ0n) is 7.04. The Morgan fingerprint density at radius 3 is 3.14 bits per heavy atom. The number of carbonyl (C=O) groups excluding carboxylic acids is 2. The van der Waals surface area contributed by atoms with Gasteiger partial charge in [-0.3, -0.25) is 4.79 Å². The van der Waals surface area contributed by atoms with Gasteiger partial charge in [-0.05, 0) is 12.1 Å². The van der Waals surface area contributed by atoms with E-state index in [1.807, 2.05) is 0 Å². The van der Waals surface area contributed by atoms with Gasteiger partial charge in [-0.15, -0.1) is 4.99 Å². The Labute approximate surface area is 78.7 Å². The van der Waals surface area contributed by atoms with Gasteiger partial charge in [0.2, 0.25) is 6.08 Å². The lowest BCUT2D eigenvalue weighted by Crippen LogP contribution is -1.93. The highest BCUT2D eigenvalue weighted by molar-refractivity contribution is 6.02. The summed E-state index contributed by atoms with van der Waals surface area (Å²) in [4.78, 5) is 24.2. The van der Waals surface area contributed by atoms with E-state index in [1.165, 1.54) is 16.8 Å². The first-order valence-corrected chi connectivity index (χ1v) is 3.87. The summed E-state index contributed by atoms with van der Waals surface area (Å²) in [6, 6.07) is 5.29. The lowest BCUT2D eigenvalue weighted by atomic mass is 10.2. The topological polar surface area (TPSA) is 63.8 Å². The SMILES string of the molecule is O=C=NC(=O)c1cnn2ccccc12. The van der Waals surface area contributed by atoms with Crippen LogP contribution < -0.4 is 0 Å². The minimum absolute atomic E-state index is 0.300. The van der Waals surface area contributed by atoms with Crippen LogP contribution in [0.1, 0.15) is 10.4 Å². The van der Waals surface area contributed by atoms with Crippen molar-refractivity contribution in [3.05, 3.63) is 36.2 Å². The predicted molar refractivity (Wildman–Crippen MR) is 47.6 cm³/mol. The molecule has 2 rings (SSSR count). The molecule has 1 amide bonds. The van der Waals surface area contributed by atoms with Gasteiger partial charge in [0.25, 0.3) is 5.91 Å². The van der Waals surface area contributed by atoms with Crippen LogP contribution in [0.4, 0.5) is 0 Å². The standard InChI is InChI=1S/C9H5N3O2/c13-6-10-9(14)7-5-11-12-4-2-1-3-8(7)12/h1-5H. The molecule has 0 spiro atoms. The molecule has 2 aromatic heterocycles. The van der Waals surface area contributed by atoms with Gasteiger partial charge in [-0.25, -0.2) is 9.31 Å². The number of hydrogen-bond acceptors (Lipinski definition) is 3. The maximum Gasteiger partial charge on any atom is 0.291 e. The Morgan fingerprint density at radius 2 is 2.36 bits per heavy atom. The van der Waals surface area contributed by atoms with Crippen LogP contribution in [0.3, 0.4) is 0 Å². The molecule has 5 heteroatoms. The zero-order chi connectivity index (χ0) is 9.97. The van der Waals surface area contributed by atoms with E-state index in [0.717, 1.165) is 0 Å². The van der Waals surface area contributed by atoms with Crippen LogP contribution in [0.2, 0.25) is 0 Å². The molecule has 0 unspecified atom stereocenters. The van der Waals surface area contributed by atoms with Gasteiger partial charge in [0.05, 0.1) is 17.3 Å². The summed E-state index contributed by atoms with van der Waals surface area (Å²) in [5.41, 5.74) is 0.922. The summed E-state index contributed by atoms with van der Waals surface area (Å²) in [6.45, 7) is 0. The fraction of sp³-hybridized carbons (Fsp3) is 0. The fourth-order valence-electron chi connectivity index (χ4n) is 1.20. The molecule has 0 aliphatic carbocycles. The second-order valence-electron chi connectivity index (χ2n) is 2.60. The molecule has 0 fully saturated rings. The number of hydrogen-bond donors (Lipinski definition) is 0. The van der Waals surface area contributed by atoms with Crippen molar-refractivity contribution in [2.45, 2.75) is 0 Å². The van der Waals surface area contributed by atoms with E-state index in [2.05, 4.69) is 10.1 Å². The molecule has 5 nitrogen and oxygen atoms in total. The van der Waals surface area contributed by atoms with Crippen LogP contribution in [0.25, 0.3) is 5.52 Å². The quantitative estimate of drug-likeness (QED) is 0.490. The molecular formula is C9H5N3O2. The number of fused-ring (bicyclic) bond motifs is 1. The molecular weight excluding hydrogens is 182 g/mol. The van der Waals surface area contributed by atoms with Crippen molar-refractivity contribution in [1.29, 1.82) is 0 Å². The molecule has 0 N–H and O–H groups in total. The van der Waals surface area contributed by atoms with E-state index in [1.54, 1.807) is 24.4 Å². The number of carbonyl (C=O) groups is 1. The van der Waals surface area contributed by atoms with Gasteiger partial charge >= 0.3 is 0 Å². The van der Waals surface area contributed by atoms with Gasteiger partial charge in [0.15, 0.2) is 0 Å². The fourth-order valence-corrected chi connectivity index (χ4v) is 1.20.